The summed E-state index contributed by atoms with van der Waals surface area (Å²) in [5, 5.41) is 2.73. The first-order chi connectivity index (χ1) is 15.7. The molecule has 33 heavy (non-hydrogen) atoms. The minimum atomic E-state index is -3.88. The van der Waals surface area contributed by atoms with Gasteiger partial charge in [-0.1, -0.05) is 12.1 Å². The summed E-state index contributed by atoms with van der Waals surface area (Å²) < 4.78 is 37.6. The van der Waals surface area contributed by atoms with Crippen molar-refractivity contribution in [3.05, 3.63) is 77.9 Å². The van der Waals surface area contributed by atoms with E-state index in [9.17, 15) is 18.0 Å². The van der Waals surface area contributed by atoms with E-state index in [0.717, 1.165) is 4.31 Å². The van der Waals surface area contributed by atoms with E-state index in [-0.39, 0.29) is 16.6 Å². The third-order valence-corrected chi connectivity index (χ3v) is 6.82. The molecule has 3 aromatic rings. The van der Waals surface area contributed by atoms with Gasteiger partial charge in [0.2, 0.25) is 0 Å². The summed E-state index contributed by atoms with van der Waals surface area (Å²) in [4.78, 5) is 24.1. The molecule has 1 amide bonds. The third kappa shape index (κ3) is 5.15. The van der Waals surface area contributed by atoms with Gasteiger partial charge in [0.1, 0.15) is 0 Å². The number of Topliss-reactive ketones (excluding diaryl/α,β-unsaturated/α-hetero) is 1. The fourth-order valence-electron chi connectivity index (χ4n) is 3.12. The molecule has 0 saturated heterocycles. The summed E-state index contributed by atoms with van der Waals surface area (Å²) in [7, 11) is 0.443. The summed E-state index contributed by atoms with van der Waals surface area (Å²) in [5.41, 5.74) is 1.69. The number of ether oxygens (including phenoxy) is 2. The Balaban J connectivity index is 1.79. The normalized spacial score (nSPS) is 10.9. The molecule has 0 atom stereocenters. The topological polar surface area (TPSA) is 102 Å². The molecule has 0 fully saturated rings. The Morgan fingerprint density at radius 3 is 2.12 bits per heavy atom. The minimum Gasteiger partial charge on any atom is -0.493 e. The highest BCUT2D eigenvalue weighted by Gasteiger charge is 2.23. The quantitative estimate of drug-likeness (QED) is 0.502. The second-order valence-electron chi connectivity index (χ2n) is 7.13. The van der Waals surface area contributed by atoms with E-state index in [4.69, 9.17) is 9.47 Å². The van der Waals surface area contributed by atoms with Crippen molar-refractivity contribution in [1.29, 1.82) is 0 Å². The smallest absolute Gasteiger partial charge is 0.264 e. The Labute approximate surface area is 192 Å². The van der Waals surface area contributed by atoms with Crippen molar-refractivity contribution in [2.24, 2.45) is 0 Å². The Morgan fingerprint density at radius 1 is 0.848 bits per heavy atom. The number of rotatable bonds is 8. The standard InChI is InChI=1S/C24H24N2O6S/c1-16(27)18-6-5-7-19(14-18)25-24(28)17-8-10-20(11-9-17)26(2)33(29,30)21-12-13-22(31-3)23(15-21)32-4/h5-15H,1-4H3,(H,25,28). The van der Waals surface area contributed by atoms with E-state index in [2.05, 4.69) is 5.32 Å². The molecule has 0 heterocycles. The summed E-state index contributed by atoms with van der Waals surface area (Å²) in [6.45, 7) is 1.45. The third-order valence-electron chi connectivity index (χ3n) is 5.03. The monoisotopic (exact) mass is 468 g/mol. The van der Waals surface area contributed by atoms with Gasteiger partial charge in [-0.25, -0.2) is 8.42 Å². The number of nitrogens with zero attached hydrogens (tertiary/aromatic N) is 1. The predicted octanol–water partition coefficient (Wildman–Crippen LogP) is 3.98. The molecule has 3 aromatic carbocycles. The molecule has 9 heteroatoms. The summed E-state index contributed by atoms with van der Waals surface area (Å²) >= 11 is 0. The van der Waals surface area contributed by atoms with Gasteiger partial charge in [0, 0.05) is 29.9 Å². The SMILES string of the molecule is COc1ccc(S(=O)(=O)N(C)c2ccc(C(=O)Nc3cccc(C(C)=O)c3)cc2)cc1OC. The van der Waals surface area contributed by atoms with Crippen LogP contribution in [0, 0.1) is 0 Å². The van der Waals surface area contributed by atoms with E-state index in [1.807, 2.05) is 0 Å². The first-order valence-electron chi connectivity index (χ1n) is 9.90. The van der Waals surface area contributed by atoms with Crippen molar-refractivity contribution in [2.45, 2.75) is 11.8 Å². The number of carbonyl (C=O) groups is 2. The van der Waals surface area contributed by atoms with Gasteiger partial charge in [-0.05, 0) is 55.5 Å². The van der Waals surface area contributed by atoms with Crippen molar-refractivity contribution >= 4 is 33.1 Å². The molecule has 0 spiro atoms. The van der Waals surface area contributed by atoms with Crippen LogP contribution in [0.2, 0.25) is 0 Å². The van der Waals surface area contributed by atoms with Crippen LogP contribution in [0.1, 0.15) is 27.6 Å². The minimum absolute atomic E-state index is 0.0369. The zero-order valence-corrected chi connectivity index (χ0v) is 19.5. The molecule has 1 N–H and O–H groups in total. The largest absolute Gasteiger partial charge is 0.493 e. The van der Waals surface area contributed by atoms with Crippen LogP contribution in [0.25, 0.3) is 0 Å². The molecular formula is C24H24N2O6S. The van der Waals surface area contributed by atoms with Crippen LogP contribution in [0.15, 0.2) is 71.6 Å². The average Bonchev–Trinajstić information content (AvgIpc) is 2.83. The number of hydrogen-bond donors (Lipinski definition) is 1. The van der Waals surface area contributed by atoms with Gasteiger partial charge >= 0.3 is 0 Å². The van der Waals surface area contributed by atoms with E-state index in [1.165, 1.54) is 58.5 Å². The van der Waals surface area contributed by atoms with E-state index in [0.29, 0.717) is 34.0 Å². The lowest BCUT2D eigenvalue weighted by molar-refractivity contribution is 0.101. The first kappa shape index (κ1) is 23.8. The number of amides is 1. The van der Waals surface area contributed by atoms with Gasteiger partial charge in [-0.15, -0.1) is 0 Å². The molecule has 0 unspecified atom stereocenters. The van der Waals surface area contributed by atoms with Crippen LogP contribution >= 0.6 is 0 Å². The van der Waals surface area contributed by atoms with E-state index < -0.39 is 10.0 Å². The van der Waals surface area contributed by atoms with Gasteiger partial charge in [0.15, 0.2) is 17.3 Å². The van der Waals surface area contributed by atoms with Crippen LogP contribution in [0.3, 0.4) is 0 Å². The zero-order valence-electron chi connectivity index (χ0n) is 18.7. The number of ketones is 1. The van der Waals surface area contributed by atoms with Gasteiger partial charge in [0.05, 0.1) is 24.8 Å². The summed E-state index contributed by atoms with van der Waals surface area (Å²) in [5.74, 6) is 0.234. The first-order valence-corrected chi connectivity index (χ1v) is 11.3. The van der Waals surface area contributed by atoms with Crippen LogP contribution < -0.4 is 19.1 Å². The van der Waals surface area contributed by atoms with Gasteiger partial charge in [-0.2, -0.15) is 0 Å². The number of carbonyl (C=O) groups excluding carboxylic acids is 2. The molecule has 172 valence electrons. The Hall–Kier alpha value is -3.85. The molecule has 0 saturated carbocycles. The maximum atomic E-state index is 13.1. The van der Waals surface area contributed by atoms with Gasteiger partial charge in [-0.3, -0.25) is 13.9 Å². The van der Waals surface area contributed by atoms with Gasteiger partial charge in [0.25, 0.3) is 15.9 Å². The van der Waals surface area contributed by atoms with Crippen LogP contribution in [0.5, 0.6) is 11.5 Å². The fourth-order valence-corrected chi connectivity index (χ4v) is 4.33. The molecule has 0 aliphatic heterocycles. The highest BCUT2D eigenvalue weighted by atomic mass is 32.2. The van der Waals surface area contributed by atoms with Crippen LogP contribution in [-0.4, -0.2) is 41.4 Å². The van der Waals surface area contributed by atoms with Crippen molar-refractivity contribution < 1.29 is 27.5 Å². The number of nitrogens with one attached hydrogen (secondary N) is 1. The van der Waals surface area contributed by atoms with Crippen molar-refractivity contribution in [2.75, 3.05) is 30.9 Å². The number of methoxy groups -OCH3 is 2. The molecule has 0 bridgehead atoms. The molecule has 0 radical (unpaired) electrons. The average molecular weight is 469 g/mol. The second kappa shape index (κ2) is 9.74. The lowest BCUT2D eigenvalue weighted by Gasteiger charge is -2.20. The van der Waals surface area contributed by atoms with Gasteiger partial charge < -0.3 is 14.8 Å². The molecule has 0 aromatic heterocycles. The van der Waals surface area contributed by atoms with E-state index >= 15 is 0 Å². The molecule has 3 rings (SSSR count). The van der Waals surface area contributed by atoms with Crippen molar-refractivity contribution in [3.8, 4) is 11.5 Å². The molecular weight excluding hydrogens is 444 g/mol. The Morgan fingerprint density at radius 2 is 1.52 bits per heavy atom. The predicted molar refractivity (Wildman–Crippen MR) is 126 cm³/mol. The van der Waals surface area contributed by atoms with Crippen LogP contribution in [-0.2, 0) is 10.0 Å². The highest BCUT2D eigenvalue weighted by molar-refractivity contribution is 7.92. The van der Waals surface area contributed by atoms with Crippen LogP contribution in [0.4, 0.5) is 11.4 Å². The fraction of sp³-hybridized carbons (Fsp3) is 0.167. The second-order valence-corrected chi connectivity index (χ2v) is 9.10. The highest BCUT2D eigenvalue weighted by Crippen LogP contribution is 2.31. The number of hydrogen-bond acceptors (Lipinski definition) is 6. The molecule has 0 aliphatic carbocycles. The number of sulfonamides is 1. The van der Waals surface area contributed by atoms with E-state index in [1.54, 1.807) is 36.4 Å². The summed E-state index contributed by atoms with van der Waals surface area (Å²) in [6, 6.07) is 17.1. The lowest BCUT2D eigenvalue weighted by Crippen LogP contribution is -2.26. The number of benzene rings is 3. The maximum absolute atomic E-state index is 13.1. The Bertz CT molecular complexity index is 1290. The number of anilines is 2. The molecule has 0 aliphatic rings. The maximum Gasteiger partial charge on any atom is 0.264 e. The van der Waals surface area contributed by atoms with Crippen molar-refractivity contribution in [3.63, 3.8) is 0 Å². The summed E-state index contributed by atoms with van der Waals surface area (Å²) in [6.07, 6.45) is 0. The zero-order chi connectivity index (χ0) is 24.2. The lowest BCUT2D eigenvalue weighted by atomic mass is 10.1. The Kier molecular flexibility index (Phi) is 7.03. The van der Waals surface area contributed by atoms with Crippen molar-refractivity contribution in [1.82, 2.24) is 0 Å². The molecule has 8 nitrogen and oxygen atoms in total.